The monoisotopic (exact) mass is 395 g/mol. The fourth-order valence-corrected chi connectivity index (χ4v) is 3.72. The van der Waals surface area contributed by atoms with Crippen LogP contribution < -0.4 is 9.64 Å². The zero-order chi connectivity index (χ0) is 19.0. The van der Waals surface area contributed by atoms with Crippen LogP contribution in [0.4, 0.5) is 14.5 Å². The van der Waals surface area contributed by atoms with Crippen molar-refractivity contribution in [2.24, 2.45) is 0 Å². The minimum Gasteiger partial charge on any atom is -0.497 e. The Balaban J connectivity index is 1.48. The van der Waals surface area contributed by atoms with E-state index in [1.165, 1.54) is 0 Å². The first-order chi connectivity index (χ1) is 13.0. The van der Waals surface area contributed by atoms with Gasteiger partial charge in [-0.1, -0.05) is 23.7 Å². The van der Waals surface area contributed by atoms with Crippen LogP contribution in [0.3, 0.4) is 0 Å². The minimum absolute atomic E-state index is 0.0417. The van der Waals surface area contributed by atoms with Crippen LogP contribution in [-0.2, 0) is 16.1 Å². The Labute approximate surface area is 161 Å². The molecule has 0 amide bonds. The van der Waals surface area contributed by atoms with Crippen molar-refractivity contribution >= 4 is 17.3 Å². The summed E-state index contributed by atoms with van der Waals surface area (Å²) < 4.78 is 45.5. The van der Waals surface area contributed by atoms with E-state index in [0.29, 0.717) is 32.7 Å². The van der Waals surface area contributed by atoms with Crippen molar-refractivity contribution in [3.8, 4) is 5.75 Å². The molecular weight excluding hydrogens is 376 g/mol. The lowest BCUT2D eigenvalue weighted by molar-refractivity contribution is -0.0213. The maximum atomic E-state index is 14.3. The number of methoxy groups -OCH3 is 1. The Bertz CT molecular complexity index is 803. The Morgan fingerprint density at radius 2 is 1.89 bits per heavy atom. The van der Waals surface area contributed by atoms with Gasteiger partial charge in [-0.25, -0.2) is 8.78 Å². The average molecular weight is 396 g/mol. The van der Waals surface area contributed by atoms with Gasteiger partial charge < -0.3 is 19.1 Å². The van der Waals surface area contributed by atoms with Crippen molar-refractivity contribution in [1.82, 2.24) is 0 Å². The molecule has 7 heteroatoms. The molecule has 1 spiro atoms. The predicted molar refractivity (Wildman–Crippen MR) is 98.5 cm³/mol. The lowest BCUT2D eigenvalue weighted by Gasteiger charge is -2.38. The van der Waals surface area contributed by atoms with Gasteiger partial charge in [0.2, 0.25) is 0 Å². The van der Waals surface area contributed by atoms with Crippen LogP contribution in [0, 0.1) is 11.6 Å². The summed E-state index contributed by atoms with van der Waals surface area (Å²) in [6, 6.07) is 9.86. The van der Waals surface area contributed by atoms with Gasteiger partial charge in [-0.2, -0.15) is 0 Å². The van der Waals surface area contributed by atoms with Crippen LogP contribution in [-0.4, -0.2) is 38.5 Å². The SMILES string of the molecule is COc1ccc(CO[C@@H]2CN(c3c(F)cc(Cl)cc3F)CC[C@]23CO3)cc1. The Morgan fingerprint density at radius 1 is 1.22 bits per heavy atom. The summed E-state index contributed by atoms with van der Waals surface area (Å²) >= 11 is 5.73. The number of benzene rings is 2. The standard InChI is InChI=1S/C20H20ClF2NO3/c1-25-15-4-2-13(3-5-15)11-26-18-10-24(7-6-20(18)12-27-20)19-16(22)8-14(21)9-17(19)23/h2-5,8-9,18H,6-7,10-12H2,1H3/t18-,20+/m1/s1. The van der Waals surface area contributed by atoms with Crippen molar-refractivity contribution < 1.29 is 23.0 Å². The van der Waals surface area contributed by atoms with Crippen LogP contribution in [0.15, 0.2) is 36.4 Å². The highest BCUT2D eigenvalue weighted by molar-refractivity contribution is 6.30. The zero-order valence-electron chi connectivity index (χ0n) is 14.9. The maximum Gasteiger partial charge on any atom is 0.151 e. The van der Waals surface area contributed by atoms with E-state index in [1.54, 1.807) is 12.0 Å². The summed E-state index contributed by atoms with van der Waals surface area (Å²) in [6.45, 7) is 1.85. The molecule has 0 bridgehead atoms. The molecule has 2 aromatic carbocycles. The zero-order valence-corrected chi connectivity index (χ0v) is 15.6. The molecule has 2 aliphatic heterocycles. The van der Waals surface area contributed by atoms with Crippen LogP contribution in [0.1, 0.15) is 12.0 Å². The van der Waals surface area contributed by atoms with E-state index in [9.17, 15) is 8.78 Å². The van der Waals surface area contributed by atoms with E-state index in [4.69, 9.17) is 25.8 Å². The molecule has 0 saturated carbocycles. The average Bonchev–Trinajstić information content (AvgIpc) is 3.42. The highest BCUT2D eigenvalue weighted by atomic mass is 35.5. The Hall–Kier alpha value is -1.89. The number of halogens is 3. The topological polar surface area (TPSA) is 34.2 Å². The van der Waals surface area contributed by atoms with Gasteiger partial charge in [0, 0.05) is 18.1 Å². The molecule has 4 rings (SSSR count). The Morgan fingerprint density at radius 3 is 2.48 bits per heavy atom. The highest BCUT2D eigenvalue weighted by Gasteiger charge is 2.55. The third kappa shape index (κ3) is 3.74. The molecule has 2 fully saturated rings. The lowest BCUT2D eigenvalue weighted by Crippen LogP contribution is -2.50. The van der Waals surface area contributed by atoms with Crippen LogP contribution in [0.25, 0.3) is 0 Å². The minimum atomic E-state index is -0.665. The number of epoxide rings is 1. The highest BCUT2D eigenvalue weighted by Crippen LogP contribution is 2.42. The summed E-state index contributed by atoms with van der Waals surface area (Å²) in [6.07, 6.45) is 0.379. The molecular formula is C20H20ClF2NO3. The van der Waals surface area contributed by atoms with Crippen molar-refractivity contribution in [3.05, 3.63) is 58.6 Å². The van der Waals surface area contributed by atoms with E-state index < -0.39 is 11.6 Å². The maximum absolute atomic E-state index is 14.3. The van der Waals surface area contributed by atoms with Gasteiger partial charge >= 0.3 is 0 Å². The number of nitrogens with zero attached hydrogens (tertiary/aromatic N) is 1. The Kier molecular flexibility index (Phi) is 4.97. The third-order valence-electron chi connectivity index (χ3n) is 5.20. The number of ether oxygens (including phenoxy) is 3. The molecule has 0 radical (unpaired) electrons. The number of anilines is 1. The normalized spacial score (nSPS) is 24.3. The molecule has 2 saturated heterocycles. The van der Waals surface area contributed by atoms with E-state index in [1.807, 2.05) is 24.3 Å². The third-order valence-corrected chi connectivity index (χ3v) is 5.42. The van der Waals surface area contributed by atoms with Crippen LogP contribution >= 0.6 is 11.6 Å². The van der Waals surface area contributed by atoms with Gasteiger partial charge in [0.15, 0.2) is 11.6 Å². The van der Waals surface area contributed by atoms with E-state index in [0.717, 1.165) is 23.4 Å². The van der Waals surface area contributed by atoms with Crippen LogP contribution in [0.2, 0.25) is 5.02 Å². The summed E-state index contributed by atoms with van der Waals surface area (Å²) in [4.78, 5) is 1.67. The van der Waals surface area contributed by atoms with Crippen LogP contribution in [0.5, 0.6) is 5.75 Å². The number of rotatable bonds is 5. The molecule has 4 nitrogen and oxygen atoms in total. The van der Waals surface area contributed by atoms with Crippen molar-refractivity contribution in [2.75, 3.05) is 31.7 Å². The lowest BCUT2D eigenvalue weighted by atomic mass is 9.93. The number of hydrogen-bond acceptors (Lipinski definition) is 4. The second-order valence-electron chi connectivity index (χ2n) is 6.92. The molecule has 27 heavy (non-hydrogen) atoms. The smallest absolute Gasteiger partial charge is 0.151 e. The summed E-state index contributed by atoms with van der Waals surface area (Å²) in [5.74, 6) is -0.554. The summed E-state index contributed by atoms with van der Waals surface area (Å²) in [7, 11) is 1.62. The second kappa shape index (κ2) is 7.26. The van der Waals surface area contributed by atoms with Gasteiger partial charge in [-0.05, 0) is 36.2 Å². The first kappa shape index (κ1) is 18.5. The van der Waals surface area contributed by atoms with Gasteiger partial charge in [-0.15, -0.1) is 0 Å². The van der Waals surface area contributed by atoms with E-state index in [2.05, 4.69) is 0 Å². The number of piperidine rings is 1. The molecule has 2 atom stereocenters. The van der Waals surface area contributed by atoms with E-state index >= 15 is 0 Å². The van der Waals surface area contributed by atoms with Gasteiger partial charge in [0.25, 0.3) is 0 Å². The van der Waals surface area contributed by atoms with Gasteiger partial charge in [0.1, 0.15) is 23.1 Å². The largest absolute Gasteiger partial charge is 0.497 e. The van der Waals surface area contributed by atoms with E-state index in [-0.39, 0.29) is 22.4 Å². The molecule has 0 unspecified atom stereocenters. The van der Waals surface area contributed by atoms with Gasteiger partial charge in [-0.3, -0.25) is 0 Å². The first-order valence-corrected chi connectivity index (χ1v) is 9.16. The van der Waals surface area contributed by atoms with Gasteiger partial charge in [0.05, 0.1) is 20.3 Å². The van der Waals surface area contributed by atoms with Crippen molar-refractivity contribution in [1.29, 1.82) is 0 Å². The molecule has 2 aliphatic rings. The number of hydrogen-bond donors (Lipinski definition) is 0. The quantitative estimate of drug-likeness (QED) is 0.711. The van der Waals surface area contributed by atoms with Crippen molar-refractivity contribution in [3.63, 3.8) is 0 Å². The van der Waals surface area contributed by atoms with Crippen molar-refractivity contribution in [2.45, 2.75) is 24.7 Å². The molecule has 0 N–H and O–H groups in total. The second-order valence-corrected chi connectivity index (χ2v) is 7.35. The molecule has 144 valence electrons. The molecule has 2 heterocycles. The fraction of sp³-hybridized carbons (Fsp3) is 0.400. The molecule has 2 aromatic rings. The fourth-order valence-electron chi connectivity index (χ4n) is 3.53. The summed E-state index contributed by atoms with van der Waals surface area (Å²) in [5, 5.41) is 0.0417. The molecule has 0 aromatic heterocycles. The predicted octanol–water partition coefficient (Wildman–Crippen LogP) is 4.19. The molecule has 0 aliphatic carbocycles. The summed E-state index contributed by atoms with van der Waals surface area (Å²) in [5.41, 5.74) is 0.586. The first-order valence-electron chi connectivity index (χ1n) is 8.79.